The van der Waals surface area contributed by atoms with Crippen LogP contribution in [0.4, 0.5) is 0 Å². The Balaban J connectivity index is 1.44. The van der Waals surface area contributed by atoms with Gasteiger partial charge in [0.2, 0.25) is 11.8 Å². The van der Waals surface area contributed by atoms with Gasteiger partial charge >= 0.3 is 0 Å². The number of nitrogens with one attached hydrogen (secondary N) is 2. The van der Waals surface area contributed by atoms with Crippen LogP contribution in [-0.4, -0.2) is 45.9 Å². The molecule has 7 heteroatoms. The lowest BCUT2D eigenvalue weighted by atomic mass is 9.91. The number of phenolic OH excluding ortho intramolecular Hbond substituents is 1. The van der Waals surface area contributed by atoms with E-state index < -0.39 is 0 Å². The van der Waals surface area contributed by atoms with E-state index >= 15 is 0 Å². The molecule has 29 heavy (non-hydrogen) atoms. The molecule has 1 aromatic heterocycles. The molecule has 7 nitrogen and oxygen atoms in total. The van der Waals surface area contributed by atoms with Crippen molar-refractivity contribution in [3.63, 3.8) is 0 Å². The molecule has 3 heterocycles. The highest BCUT2D eigenvalue weighted by Crippen LogP contribution is 2.37. The number of aromatic hydroxyl groups is 1. The summed E-state index contributed by atoms with van der Waals surface area (Å²) in [5, 5.41) is 25.0. The predicted molar refractivity (Wildman–Crippen MR) is 110 cm³/mol. The third-order valence-corrected chi connectivity index (χ3v) is 5.72. The molecule has 3 N–H and O–H groups in total. The zero-order valence-electron chi connectivity index (χ0n) is 16.7. The van der Waals surface area contributed by atoms with Gasteiger partial charge in [0.25, 0.3) is 0 Å². The van der Waals surface area contributed by atoms with Crippen LogP contribution in [0.5, 0.6) is 11.6 Å². The fourth-order valence-corrected chi connectivity index (χ4v) is 4.28. The number of carbonyl (C=O) groups is 1. The summed E-state index contributed by atoms with van der Waals surface area (Å²) in [7, 11) is 1.56. The highest BCUT2D eigenvalue weighted by atomic mass is 16.5. The topological polar surface area (TPSA) is 96.4 Å². The molecular formula is C22H26N4O3. The Morgan fingerprint density at radius 2 is 2.21 bits per heavy atom. The number of benzene rings is 1. The number of aromatic nitrogens is 2. The quantitative estimate of drug-likeness (QED) is 0.675. The summed E-state index contributed by atoms with van der Waals surface area (Å²) >= 11 is 0. The van der Waals surface area contributed by atoms with Crippen molar-refractivity contribution in [3.05, 3.63) is 42.0 Å². The fraction of sp³-hybridized carbons (Fsp3) is 0.409. The van der Waals surface area contributed by atoms with E-state index in [1.54, 1.807) is 37.4 Å². The third-order valence-electron chi connectivity index (χ3n) is 5.72. The molecule has 2 bridgehead atoms. The predicted octanol–water partition coefficient (Wildman–Crippen LogP) is 2.66. The molecule has 2 aromatic rings. The molecule has 0 spiro atoms. The summed E-state index contributed by atoms with van der Waals surface area (Å²) in [6.45, 7) is 2.26. The molecule has 1 aromatic carbocycles. The van der Waals surface area contributed by atoms with Gasteiger partial charge in [-0.15, -0.1) is 10.2 Å². The van der Waals surface area contributed by atoms with Crippen molar-refractivity contribution >= 4 is 12.0 Å². The number of piperidine rings is 1. The van der Waals surface area contributed by atoms with Gasteiger partial charge in [0.05, 0.1) is 5.69 Å². The molecule has 2 aliphatic heterocycles. The first kappa shape index (κ1) is 19.4. The van der Waals surface area contributed by atoms with E-state index in [0.29, 0.717) is 23.2 Å². The van der Waals surface area contributed by atoms with Crippen LogP contribution in [0.3, 0.4) is 0 Å². The Labute approximate surface area is 170 Å². The number of ether oxygens (including phenoxy) is 1. The lowest BCUT2D eigenvalue weighted by Gasteiger charge is -2.36. The van der Waals surface area contributed by atoms with Gasteiger partial charge in [-0.3, -0.25) is 4.79 Å². The maximum absolute atomic E-state index is 11.3. The van der Waals surface area contributed by atoms with Crippen LogP contribution in [0.25, 0.3) is 17.3 Å². The van der Waals surface area contributed by atoms with Crippen LogP contribution in [0.2, 0.25) is 0 Å². The first-order chi connectivity index (χ1) is 13.9. The van der Waals surface area contributed by atoms with Crippen molar-refractivity contribution in [3.8, 4) is 22.9 Å². The highest BCUT2D eigenvalue weighted by molar-refractivity contribution is 5.91. The molecule has 0 saturated carbocycles. The Morgan fingerprint density at radius 1 is 1.34 bits per heavy atom. The molecule has 4 rings (SSSR count). The van der Waals surface area contributed by atoms with Crippen molar-refractivity contribution in [2.75, 3.05) is 7.05 Å². The normalized spacial score (nSPS) is 25.9. The number of hydrogen-bond donors (Lipinski definition) is 3. The van der Waals surface area contributed by atoms with Crippen molar-refractivity contribution in [1.29, 1.82) is 0 Å². The van der Waals surface area contributed by atoms with Crippen LogP contribution < -0.4 is 15.4 Å². The monoisotopic (exact) mass is 394 g/mol. The second-order valence-electron chi connectivity index (χ2n) is 8.10. The average molecular weight is 394 g/mol. The lowest BCUT2D eigenvalue weighted by Crippen LogP contribution is -2.50. The van der Waals surface area contributed by atoms with Gasteiger partial charge in [0.15, 0.2) is 0 Å². The molecule has 2 fully saturated rings. The summed E-state index contributed by atoms with van der Waals surface area (Å²) in [6.07, 6.45) is 7.55. The number of nitrogens with zero attached hydrogens (tertiary/aromatic N) is 2. The lowest BCUT2D eigenvalue weighted by molar-refractivity contribution is -0.115. The van der Waals surface area contributed by atoms with Gasteiger partial charge in [-0.1, -0.05) is 6.07 Å². The largest absolute Gasteiger partial charge is 0.507 e. The first-order valence-electron chi connectivity index (χ1n) is 9.95. The van der Waals surface area contributed by atoms with Crippen LogP contribution in [0.1, 0.15) is 38.2 Å². The van der Waals surface area contributed by atoms with E-state index in [1.165, 1.54) is 18.9 Å². The van der Waals surface area contributed by atoms with Crippen LogP contribution in [-0.2, 0) is 4.79 Å². The van der Waals surface area contributed by atoms with Gasteiger partial charge in [0.1, 0.15) is 11.9 Å². The molecule has 0 aliphatic carbocycles. The zero-order valence-corrected chi connectivity index (χ0v) is 16.7. The van der Waals surface area contributed by atoms with Crippen LogP contribution in [0, 0.1) is 0 Å². The number of fused-ring (bicyclic) bond motifs is 2. The van der Waals surface area contributed by atoms with Gasteiger partial charge in [0, 0.05) is 42.8 Å². The number of hydrogen-bond acceptors (Lipinski definition) is 6. The minimum Gasteiger partial charge on any atom is -0.507 e. The summed E-state index contributed by atoms with van der Waals surface area (Å²) in [6, 6.07) is 9.29. The summed E-state index contributed by atoms with van der Waals surface area (Å²) in [5.41, 5.74) is 2.03. The Morgan fingerprint density at radius 3 is 2.90 bits per heavy atom. The second kappa shape index (κ2) is 7.83. The van der Waals surface area contributed by atoms with Gasteiger partial charge in [-0.05, 0) is 56.0 Å². The van der Waals surface area contributed by atoms with E-state index in [4.69, 9.17) is 4.74 Å². The molecule has 1 amide bonds. The maximum Gasteiger partial charge on any atom is 0.243 e. The number of carbonyl (C=O) groups excluding carboxylic acids is 1. The second-order valence-corrected chi connectivity index (χ2v) is 8.10. The summed E-state index contributed by atoms with van der Waals surface area (Å²) < 4.78 is 6.08. The zero-order chi connectivity index (χ0) is 20.4. The number of phenols is 1. The molecule has 2 saturated heterocycles. The molecule has 0 radical (unpaired) electrons. The molecule has 152 valence electrons. The van der Waals surface area contributed by atoms with Crippen molar-refractivity contribution in [2.45, 2.75) is 50.3 Å². The van der Waals surface area contributed by atoms with Gasteiger partial charge in [-0.2, -0.15) is 0 Å². The van der Waals surface area contributed by atoms with E-state index in [1.807, 2.05) is 6.07 Å². The van der Waals surface area contributed by atoms with E-state index in [2.05, 4.69) is 27.8 Å². The van der Waals surface area contributed by atoms with E-state index in [9.17, 15) is 9.90 Å². The first-order valence-corrected chi connectivity index (χ1v) is 9.95. The highest BCUT2D eigenvalue weighted by Gasteiger charge is 2.42. The Bertz CT molecular complexity index is 928. The van der Waals surface area contributed by atoms with Crippen LogP contribution >= 0.6 is 0 Å². The van der Waals surface area contributed by atoms with Gasteiger partial charge in [-0.25, -0.2) is 0 Å². The fourth-order valence-electron chi connectivity index (χ4n) is 4.28. The van der Waals surface area contributed by atoms with Crippen molar-refractivity contribution < 1.29 is 14.6 Å². The Kier molecular flexibility index (Phi) is 5.24. The van der Waals surface area contributed by atoms with E-state index in [0.717, 1.165) is 18.4 Å². The molecule has 2 aliphatic rings. The van der Waals surface area contributed by atoms with Crippen molar-refractivity contribution in [2.24, 2.45) is 0 Å². The minimum atomic E-state index is -0.203. The molecule has 1 unspecified atom stereocenters. The van der Waals surface area contributed by atoms with Gasteiger partial charge < -0.3 is 20.5 Å². The van der Waals surface area contributed by atoms with Crippen LogP contribution in [0.15, 0.2) is 36.4 Å². The number of rotatable bonds is 5. The van der Waals surface area contributed by atoms with Crippen molar-refractivity contribution in [1.82, 2.24) is 20.8 Å². The summed E-state index contributed by atoms with van der Waals surface area (Å²) in [5.74, 6) is 0.383. The third kappa shape index (κ3) is 4.40. The minimum absolute atomic E-state index is 0.0786. The standard InChI is InChI=1S/C22H26N4O3/c1-22-10-9-15(24-22)12-16(13-22)29-21-8-6-18(25-26-21)17-5-3-14(11-19(17)27)4-7-20(28)23-2/h3-8,11,15-16,24,27H,9-10,12-13H2,1-2H3,(H,23,28)/b7-4+/t15?,16-,22+/m1/s1. The number of likely N-dealkylation sites (N-methyl/N-ethyl adjacent to an activating group) is 1. The van der Waals surface area contributed by atoms with E-state index in [-0.39, 0.29) is 23.3 Å². The maximum atomic E-state index is 11.3. The smallest absolute Gasteiger partial charge is 0.243 e. The Hall–Kier alpha value is -2.93. The average Bonchev–Trinajstić information content (AvgIpc) is 2.99. The molecule has 3 atom stereocenters. The number of amides is 1. The molecular weight excluding hydrogens is 368 g/mol. The summed E-state index contributed by atoms with van der Waals surface area (Å²) in [4.78, 5) is 11.3. The SMILES string of the molecule is CNC(=O)/C=C/c1ccc(-c2ccc(O[C@@H]3CC4CC[C@@](C)(C3)N4)nn2)c(O)c1.